The number of carbonyl (C=O) groups is 3. The predicted molar refractivity (Wildman–Crippen MR) is 247 cm³/mol. The number of ether oxygens (including phenoxy) is 3. The number of piperidine rings is 1. The molecular formula is C51H98N2O6. The zero-order valence-corrected chi connectivity index (χ0v) is 40.5. The van der Waals surface area contributed by atoms with Crippen molar-refractivity contribution in [2.45, 2.75) is 222 Å². The van der Waals surface area contributed by atoms with Gasteiger partial charge in [0.15, 0.2) is 0 Å². The monoisotopic (exact) mass is 835 g/mol. The van der Waals surface area contributed by atoms with Gasteiger partial charge in [0.25, 0.3) is 0 Å². The van der Waals surface area contributed by atoms with Crippen LogP contribution in [-0.4, -0.2) is 86.8 Å². The lowest BCUT2D eigenvalue weighted by Crippen LogP contribution is -2.38. The van der Waals surface area contributed by atoms with Gasteiger partial charge >= 0.3 is 17.9 Å². The van der Waals surface area contributed by atoms with Crippen molar-refractivity contribution >= 4 is 17.9 Å². The van der Waals surface area contributed by atoms with Gasteiger partial charge in [0.2, 0.25) is 0 Å². The summed E-state index contributed by atoms with van der Waals surface area (Å²) in [6.07, 6.45) is 27.0. The van der Waals surface area contributed by atoms with Crippen LogP contribution in [0.2, 0.25) is 0 Å². The van der Waals surface area contributed by atoms with E-state index in [1.165, 1.54) is 70.9 Å². The smallest absolute Gasteiger partial charge is 0.320 e. The lowest BCUT2D eigenvalue weighted by Gasteiger charge is -2.28. The summed E-state index contributed by atoms with van der Waals surface area (Å²) in [5.41, 5.74) is 0. The Morgan fingerprint density at radius 1 is 0.508 bits per heavy atom. The van der Waals surface area contributed by atoms with Gasteiger partial charge in [-0.2, -0.15) is 0 Å². The van der Waals surface area contributed by atoms with E-state index in [1.807, 2.05) is 7.05 Å². The summed E-state index contributed by atoms with van der Waals surface area (Å²) in [6.45, 7) is 23.7. The van der Waals surface area contributed by atoms with Gasteiger partial charge in [0.05, 0.1) is 19.8 Å². The van der Waals surface area contributed by atoms with E-state index in [0.29, 0.717) is 68.1 Å². The fourth-order valence-corrected chi connectivity index (χ4v) is 8.19. The maximum Gasteiger partial charge on any atom is 0.320 e. The molecule has 1 fully saturated rings. The van der Waals surface area contributed by atoms with E-state index in [1.54, 1.807) is 0 Å². The second kappa shape index (κ2) is 35.9. The van der Waals surface area contributed by atoms with Crippen molar-refractivity contribution in [2.24, 2.45) is 35.5 Å². The van der Waals surface area contributed by atoms with Crippen LogP contribution >= 0.6 is 0 Å². The van der Waals surface area contributed by atoms with Gasteiger partial charge in [-0.1, -0.05) is 139 Å². The van der Waals surface area contributed by atoms with Gasteiger partial charge in [-0.3, -0.25) is 19.3 Å². The maximum atomic E-state index is 13.1. The molecule has 1 rings (SSSR count). The first kappa shape index (κ1) is 55.3. The first-order chi connectivity index (χ1) is 28.3. The second-order valence-corrected chi connectivity index (χ2v) is 20.1. The van der Waals surface area contributed by atoms with Crippen LogP contribution < -0.4 is 0 Å². The number of likely N-dealkylation sites (N-methyl/N-ethyl adjacent to an activating group) is 1. The molecule has 1 saturated heterocycles. The average Bonchev–Trinajstić information content (AvgIpc) is 3.18. The topological polar surface area (TPSA) is 85.4 Å². The molecule has 0 radical (unpaired) electrons. The largest absolute Gasteiger partial charge is 0.465 e. The molecule has 2 atom stereocenters. The number of nitrogens with zero attached hydrogens (tertiary/aromatic N) is 2. The molecule has 1 aliphatic rings. The van der Waals surface area contributed by atoms with Crippen molar-refractivity contribution < 1.29 is 28.6 Å². The summed E-state index contributed by atoms with van der Waals surface area (Å²) < 4.78 is 17.5. The van der Waals surface area contributed by atoms with E-state index in [2.05, 4.69) is 65.2 Å². The third-order valence-corrected chi connectivity index (χ3v) is 12.8. The fraction of sp³-hybridized carbons (Fsp3) is 0.941. The molecule has 0 spiro atoms. The van der Waals surface area contributed by atoms with Crippen molar-refractivity contribution in [3.8, 4) is 0 Å². The first-order valence-electron chi connectivity index (χ1n) is 25.2. The van der Waals surface area contributed by atoms with E-state index in [4.69, 9.17) is 14.2 Å². The molecule has 348 valence electrons. The molecule has 0 aromatic carbocycles. The lowest BCUT2D eigenvalue weighted by molar-refractivity contribution is -0.151. The third-order valence-electron chi connectivity index (χ3n) is 12.8. The number of hydrogen-bond acceptors (Lipinski definition) is 8. The first-order valence-corrected chi connectivity index (χ1v) is 25.2. The van der Waals surface area contributed by atoms with E-state index in [-0.39, 0.29) is 24.0 Å². The van der Waals surface area contributed by atoms with Gasteiger partial charge in [-0.05, 0) is 120 Å². The molecule has 0 aliphatic carbocycles. The molecule has 0 aromatic rings. The van der Waals surface area contributed by atoms with Crippen LogP contribution in [0.1, 0.15) is 216 Å². The molecule has 0 amide bonds. The van der Waals surface area contributed by atoms with Crippen molar-refractivity contribution in [3.05, 3.63) is 0 Å². The highest BCUT2D eigenvalue weighted by atomic mass is 16.5. The molecule has 59 heavy (non-hydrogen) atoms. The second-order valence-electron chi connectivity index (χ2n) is 20.1. The minimum absolute atomic E-state index is 0.00338. The molecule has 0 saturated carbocycles. The van der Waals surface area contributed by atoms with Gasteiger partial charge in [0.1, 0.15) is 6.10 Å². The maximum absolute atomic E-state index is 13.1. The molecular weight excluding hydrogens is 737 g/mol. The highest BCUT2D eigenvalue weighted by molar-refractivity contribution is 5.71. The number of unbranched alkanes of at least 4 members (excludes halogenated alkanes) is 12. The van der Waals surface area contributed by atoms with E-state index >= 15 is 0 Å². The Morgan fingerprint density at radius 3 is 1.32 bits per heavy atom. The fourth-order valence-electron chi connectivity index (χ4n) is 8.19. The molecule has 0 N–H and O–H groups in total. The average molecular weight is 835 g/mol. The van der Waals surface area contributed by atoms with Gasteiger partial charge in [0, 0.05) is 25.9 Å². The highest BCUT2D eigenvalue weighted by Crippen LogP contribution is 2.23. The Hall–Kier alpha value is -1.67. The standard InChI is InChI=1S/C51H98N2O6/c1-42(2)31-33-46(44(5)6)40-57-49(54)29-23-18-14-10-12-16-21-27-48(59-51(56)39-52(9)37-38-53-35-25-20-26-36-53)28-22-17-13-11-15-19-24-30-50(55)58-41-47(45(7)8)34-32-43(3)4/h42-48H,10-41H2,1-9H3. The SMILES string of the molecule is CC(C)CCC(COC(=O)CCCCCCCCCC(CCCCCCCCCC(=O)OCC(CCC(C)C)C(C)C)OC(=O)CN(C)CCN1CCCCC1)C(C)C. The number of likely N-dealkylation sites (tertiary alicyclic amines) is 1. The summed E-state index contributed by atoms with van der Waals surface area (Å²) in [4.78, 5) is 42.4. The number of rotatable bonds is 38. The van der Waals surface area contributed by atoms with E-state index in [9.17, 15) is 14.4 Å². The van der Waals surface area contributed by atoms with Crippen LogP contribution in [0, 0.1) is 35.5 Å². The van der Waals surface area contributed by atoms with Gasteiger partial charge in [-0.25, -0.2) is 0 Å². The minimum atomic E-state index is -0.0845. The molecule has 8 heteroatoms. The quantitative estimate of drug-likeness (QED) is 0.0345. The van der Waals surface area contributed by atoms with Crippen LogP contribution in [0.5, 0.6) is 0 Å². The summed E-state index contributed by atoms with van der Waals surface area (Å²) in [5.74, 6) is 3.20. The Bertz CT molecular complexity index is 968. The summed E-state index contributed by atoms with van der Waals surface area (Å²) >= 11 is 0. The number of esters is 3. The molecule has 1 heterocycles. The Morgan fingerprint density at radius 2 is 0.915 bits per heavy atom. The summed E-state index contributed by atoms with van der Waals surface area (Å²) in [6, 6.07) is 0. The number of carbonyl (C=O) groups excluding carboxylic acids is 3. The molecule has 8 nitrogen and oxygen atoms in total. The number of hydrogen-bond donors (Lipinski definition) is 0. The molecule has 2 unspecified atom stereocenters. The molecule has 0 aromatic heterocycles. The lowest BCUT2D eigenvalue weighted by atomic mass is 9.89. The molecule has 1 aliphatic heterocycles. The minimum Gasteiger partial charge on any atom is -0.465 e. The Kier molecular flexibility index (Phi) is 33.7. The normalized spacial score (nSPS) is 15.4. The Balaban J connectivity index is 2.33. The zero-order chi connectivity index (χ0) is 43.7. The zero-order valence-electron chi connectivity index (χ0n) is 40.5. The van der Waals surface area contributed by atoms with Crippen molar-refractivity contribution in [1.29, 1.82) is 0 Å². The Labute approximate surface area is 365 Å². The van der Waals surface area contributed by atoms with Crippen molar-refractivity contribution in [1.82, 2.24) is 9.80 Å². The van der Waals surface area contributed by atoms with Crippen LogP contribution in [0.15, 0.2) is 0 Å². The van der Waals surface area contributed by atoms with Crippen LogP contribution in [0.4, 0.5) is 0 Å². The third kappa shape index (κ3) is 32.7. The van der Waals surface area contributed by atoms with E-state index < -0.39 is 0 Å². The van der Waals surface area contributed by atoms with Gasteiger partial charge < -0.3 is 19.1 Å². The predicted octanol–water partition coefficient (Wildman–Crippen LogP) is 12.8. The highest BCUT2D eigenvalue weighted by Gasteiger charge is 2.19. The molecule has 0 bridgehead atoms. The van der Waals surface area contributed by atoms with Crippen LogP contribution in [0.3, 0.4) is 0 Å². The van der Waals surface area contributed by atoms with E-state index in [0.717, 1.165) is 103 Å². The van der Waals surface area contributed by atoms with Crippen LogP contribution in [0.25, 0.3) is 0 Å². The van der Waals surface area contributed by atoms with Crippen molar-refractivity contribution in [3.63, 3.8) is 0 Å². The van der Waals surface area contributed by atoms with Gasteiger partial charge in [-0.15, -0.1) is 0 Å². The summed E-state index contributed by atoms with van der Waals surface area (Å²) in [5, 5.41) is 0. The van der Waals surface area contributed by atoms with Crippen molar-refractivity contribution in [2.75, 3.05) is 53.0 Å². The van der Waals surface area contributed by atoms with Crippen LogP contribution in [-0.2, 0) is 28.6 Å². The summed E-state index contributed by atoms with van der Waals surface area (Å²) in [7, 11) is 2.04.